The highest BCUT2D eigenvalue weighted by molar-refractivity contribution is 7.92. The SMILES string of the molecule is Cc1cccc(NS(=O)(=O)c2ccccc2C#N)c1C. The van der Waals surface area contributed by atoms with E-state index in [9.17, 15) is 8.42 Å². The molecule has 0 saturated carbocycles. The van der Waals surface area contributed by atoms with Crippen molar-refractivity contribution in [3.8, 4) is 6.07 Å². The van der Waals surface area contributed by atoms with Gasteiger partial charge in [0.2, 0.25) is 0 Å². The molecule has 1 N–H and O–H groups in total. The molecule has 0 atom stereocenters. The van der Waals surface area contributed by atoms with Crippen LogP contribution in [-0.4, -0.2) is 8.42 Å². The zero-order chi connectivity index (χ0) is 14.8. The number of nitrogens with zero attached hydrogens (tertiary/aromatic N) is 1. The first-order valence-corrected chi connectivity index (χ1v) is 7.52. The van der Waals surface area contributed by atoms with E-state index in [1.165, 1.54) is 12.1 Å². The molecule has 0 amide bonds. The smallest absolute Gasteiger partial charge is 0.263 e. The average Bonchev–Trinajstić information content (AvgIpc) is 2.43. The molecule has 4 nitrogen and oxygen atoms in total. The minimum atomic E-state index is -3.77. The van der Waals surface area contributed by atoms with Crippen molar-refractivity contribution in [2.45, 2.75) is 18.7 Å². The van der Waals surface area contributed by atoms with Crippen molar-refractivity contribution in [1.82, 2.24) is 0 Å². The molecule has 0 aliphatic heterocycles. The van der Waals surface area contributed by atoms with Crippen LogP contribution in [0.4, 0.5) is 5.69 Å². The van der Waals surface area contributed by atoms with Gasteiger partial charge in [0.25, 0.3) is 10.0 Å². The van der Waals surface area contributed by atoms with Gasteiger partial charge in [-0.25, -0.2) is 8.42 Å². The number of aryl methyl sites for hydroxylation is 1. The highest BCUT2D eigenvalue weighted by Crippen LogP contribution is 2.23. The number of sulfonamides is 1. The van der Waals surface area contributed by atoms with E-state index in [0.29, 0.717) is 5.69 Å². The van der Waals surface area contributed by atoms with Gasteiger partial charge in [-0.2, -0.15) is 5.26 Å². The van der Waals surface area contributed by atoms with Crippen molar-refractivity contribution < 1.29 is 8.42 Å². The summed E-state index contributed by atoms with van der Waals surface area (Å²) < 4.78 is 27.3. The highest BCUT2D eigenvalue weighted by Gasteiger charge is 2.19. The summed E-state index contributed by atoms with van der Waals surface area (Å²) in [6, 6.07) is 13.4. The molecule has 20 heavy (non-hydrogen) atoms. The summed E-state index contributed by atoms with van der Waals surface area (Å²) >= 11 is 0. The Morgan fingerprint density at radius 2 is 1.75 bits per heavy atom. The first-order chi connectivity index (χ1) is 9.45. The molecule has 2 aromatic carbocycles. The third kappa shape index (κ3) is 2.65. The molecule has 0 spiro atoms. The largest absolute Gasteiger partial charge is 0.279 e. The van der Waals surface area contributed by atoms with E-state index < -0.39 is 10.0 Å². The number of anilines is 1. The standard InChI is InChI=1S/C15H14N2O2S/c1-11-6-5-8-14(12(11)2)17-20(18,19)15-9-4-3-7-13(15)10-16/h3-9,17H,1-2H3. The van der Waals surface area contributed by atoms with Crippen molar-refractivity contribution in [3.05, 3.63) is 59.2 Å². The summed E-state index contributed by atoms with van der Waals surface area (Å²) in [6.45, 7) is 3.76. The summed E-state index contributed by atoms with van der Waals surface area (Å²) in [7, 11) is -3.77. The van der Waals surface area contributed by atoms with E-state index in [4.69, 9.17) is 5.26 Å². The zero-order valence-electron chi connectivity index (χ0n) is 11.2. The molecule has 0 heterocycles. The van der Waals surface area contributed by atoms with E-state index in [1.54, 1.807) is 24.3 Å². The molecular formula is C15H14N2O2S. The fraction of sp³-hybridized carbons (Fsp3) is 0.133. The van der Waals surface area contributed by atoms with Crippen LogP contribution in [0, 0.1) is 25.2 Å². The molecule has 2 rings (SSSR count). The molecule has 0 bridgehead atoms. The van der Waals surface area contributed by atoms with Gasteiger partial charge in [-0.15, -0.1) is 0 Å². The van der Waals surface area contributed by atoms with Gasteiger partial charge < -0.3 is 0 Å². The van der Waals surface area contributed by atoms with E-state index >= 15 is 0 Å². The molecule has 0 aliphatic rings. The van der Waals surface area contributed by atoms with Crippen LogP contribution < -0.4 is 4.72 Å². The Bertz CT molecular complexity index is 790. The Balaban J connectivity index is 2.47. The monoisotopic (exact) mass is 286 g/mol. The summed E-state index contributed by atoms with van der Waals surface area (Å²) in [6.07, 6.45) is 0. The minimum absolute atomic E-state index is 0.0107. The third-order valence-electron chi connectivity index (χ3n) is 3.15. The van der Waals surface area contributed by atoms with Gasteiger partial charge in [-0.3, -0.25) is 4.72 Å². The lowest BCUT2D eigenvalue weighted by atomic mass is 10.1. The van der Waals surface area contributed by atoms with E-state index in [0.717, 1.165) is 11.1 Å². The number of nitriles is 1. The van der Waals surface area contributed by atoms with E-state index in [-0.39, 0.29) is 10.5 Å². The Kier molecular flexibility index (Phi) is 3.77. The van der Waals surface area contributed by atoms with E-state index in [2.05, 4.69) is 4.72 Å². The fourth-order valence-corrected chi connectivity index (χ4v) is 3.14. The zero-order valence-corrected chi connectivity index (χ0v) is 12.0. The van der Waals surface area contributed by atoms with Crippen molar-refractivity contribution in [1.29, 1.82) is 5.26 Å². The number of hydrogen-bond acceptors (Lipinski definition) is 3. The van der Waals surface area contributed by atoms with Crippen molar-refractivity contribution in [2.75, 3.05) is 4.72 Å². The van der Waals surface area contributed by atoms with Gasteiger partial charge in [0, 0.05) is 0 Å². The first-order valence-electron chi connectivity index (χ1n) is 6.04. The fourth-order valence-electron chi connectivity index (χ4n) is 1.85. The predicted molar refractivity (Wildman–Crippen MR) is 77.9 cm³/mol. The van der Waals surface area contributed by atoms with Gasteiger partial charge in [-0.05, 0) is 43.2 Å². The predicted octanol–water partition coefficient (Wildman–Crippen LogP) is 2.98. The lowest BCUT2D eigenvalue weighted by Crippen LogP contribution is -2.15. The van der Waals surface area contributed by atoms with Gasteiger partial charge in [0.15, 0.2) is 0 Å². The second-order valence-corrected chi connectivity index (χ2v) is 6.11. The lowest BCUT2D eigenvalue weighted by molar-refractivity contribution is 0.601. The van der Waals surface area contributed by atoms with Crippen molar-refractivity contribution in [2.24, 2.45) is 0 Å². The maximum atomic E-state index is 12.4. The van der Waals surface area contributed by atoms with Gasteiger partial charge in [0.1, 0.15) is 11.0 Å². The normalized spacial score (nSPS) is 10.8. The van der Waals surface area contributed by atoms with E-state index in [1.807, 2.05) is 26.0 Å². The maximum absolute atomic E-state index is 12.4. The van der Waals surface area contributed by atoms with Crippen LogP contribution in [0.1, 0.15) is 16.7 Å². The topological polar surface area (TPSA) is 70.0 Å². The quantitative estimate of drug-likeness (QED) is 0.943. The maximum Gasteiger partial charge on any atom is 0.263 e. The van der Waals surface area contributed by atoms with Crippen LogP contribution in [-0.2, 0) is 10.0 Å². The second kappa shape index (κ2) is 5.35. The van der Waals surface area contributed by atoms with Gasteiger partial charge in [0.05, 0.1) is 11.3 Å². The number of hydrogen-bond donors (Lipinski definition) is 1. The van der Waals surface area contributed by atoms with Crippen LogP contribution in [0.15, 0.2) is 47.4 Å². The Morgan fingerprint density at radius 3 is 2.45 bits per heavy atom. The molecular weight excluding hydrogens is 272 g/mol. The highest BCUT2D eigenvalue weighted by atomic mass is 32.2. The summed E-state index contributed by atoms with van der Waals surface area (Å²) in [4.78, 5) is -0.0107. The summed E-state index contributed by atoms with van der Waals surface area (Å²) in [5.41, 5.74) is 2.52. The average molecular weight is 286 g/mol. The van der Waals surface area contributed by atoms with Crippen LogP contribution in [0.3, 0.4) is 0 Å². The summed E-state index contributed by atoms with van der Waals surface area (Å²) in [5.74, 6) is 0. The third-order valence-corrected chi connectivity index (χ3v) is 4.57. The summed E-state index contributed by atoms with van der Waals surface area (Å²) in [5, 5.41) is 9.00. The van der Waals surface area contributed by atoms with Crippen LogP contribution >= 0.6 is 0 Å². The van der Waals surface area contributed by atoms with Crippen LogP contribution in [0.25, 0.3) is 0 Å². The molecule has 0 aliphatic carbocycles. The van der Waals surface area contributed by atoms with Crippen LogP contribution in [0.5, 0.6) is 0 Å². The Hall–Kier alpha value is -2.32. The Labute approximate surface area is 118 Å². The molecule has 0 unspecified atom stereocenters. The molecule has 0 saturated heterocycles. The van der Waals surface area contributed by atoms with Gasteiger partial charge in [-0.1, -0.05) is 24.3 Å². The van der Waals surface area contributed by atoms with Crippen molar-refractivity contribution >= 4 is 15.7 Å². The number of nitrogens with one attached hydrogen (secondary N) is 1. The molecule has 5 heteroatoms. The second-order valence-electron chi connectivity index (χ2n) is 4.46. The van der Waals surface area contributed by atoms with Gasteiger partial charge >= 0.3 is 0 Å². The van der Waals surface area contributed by atoms with Crippen LogP contribution in [0.2, 0.25) is 0 Å². The first kappa shape index (κ1) is 14.1. The number of rotatable bonds is 3. The molecule has 0 radical (unpaired) electrons. The lowest BCUT2D eigenvalue weighted by Gasteiger charge is -2.12. The molecule has 102 valence electrons. The van der Waals surface area contributed by atoms with Crippen molar-refractivity contribution in [3.63, 3.8) is 0 Å². The molecule has 0 aromatic heterocycles. The minimum Gasteiger partial charge on any atom is -0.279 e. The number of benzene rings is 2. The molecule has 2 aromatic rings. The Morgan fingerprint density at radius 1 is 1.05 bits per heavy atom. The molecule has 0 fully saturated rings.